The van der Waals surface area contributed by atoms with Crippen LogP contribution in [0.1, 0.15) is 34.1 Å². The molecule has 0 aromatic rings. The fourth-order valence-electron chi connectivity index (χ4n) is 1.52. The lowest BCUT2D eigenvalue weighted by molar-refractivity contribution is -0.133. The molecular formula is C11H20O3. The van der Waals surface area contributed by atoms with E-state index in [-0.39, 0.29) is 12.2 Å². The second-order valence-electron chi connectivity index (χ2n) is 4.20. The van der Waals surface area contributed by atoms with Crippen LogP contribution < -0.4 is 0 Å². The summed E-state index contributed by atoms with van der Waals surface area (Å²) in [6.07, 6.45) is 2.30. The third-order valence-electron chi connectivity index (χ3n) is 2.39. The van der Waals surface area contributed by atoms with Crippen LogP contribution in [0.5, 0.6) is 0 Å². The Bertz CT molecular complexity index is 221. The van der Waals surface area contributed by atoms with Gasteiger partial charge in [0.15, 0.2) is 5.79 Å². The van der Waals surface area contributed by atoms with Gasteiger partial charge in [0.05, 0.1) is 12.7 Å². The molecule has 3 heteroatoms. The zero-order valence-corrected chi connectivity index (χ0v) is 9.41. The van der Waals surface area contributed by atoms with Crippen LogP contribution in [0.2, 0.25) is 0 Å². The Labute approximate surface area is 85.7 Å². The van der Waals surface area contributed by atoms with Gasteiger partial charge in [0.25, 0.3) is 0 Å². The average molecular weight is 200 g/mol. The molecule has 1 heterocycles. The molecule has 82 valence electrons. The molecule has 1 saturated heterocycles. The molecule has 0 aromatic carbocycles. The smallest absolute Gasteiger partial charge is 0.163 e. The van der Waals surface area contributed by atoms with Crippen LogP contribution in [0, 0.1) is 0 Å². The first-order valence-corrected chi connectivity index (χ1v) is 5.13. The van der Waals surface area contributed by atoms with E-state index < -0.39 is 5.79 Å². The first kappa shape index (κ1) is 11.7. The molecule has 1 fully saturated rings. The van der Waals surface area contributed by atoms with E-state index in [0.717, 1.165) is 12.0 Å². The monoisotopic (exact) mass is 200 g/mol. The number of rotatable bonds is 3. The van der Waals surface area contributed by atoms with Gasteiger partial charge in [-0.1, -0.05) is 13.0 Å². The predicted molar refractivity (Wildman–Crippen MR) is 55.0 cm³/mol. The van der Waals surface area contributed by atoms with E-state index in [1.807, 2.05) is 33.8 Å². The third kappa shape index (κ3) is 3.08. The second kappa shape index (κ2) is 4.43. The SMILES string of the molecule is CC[C@H](O)/C(C)=C/[C@H]1COC(C)(C)O1. The number of hydrogen-bond acceptors (Lipinski definition) is 3. The minimum atomic E-state index is -0.487. The molecule has 0 radical (unpaired) electrons. The van der Waals surface area contributed by atoms with Crippen molar-refractivity contribution in [1.29, 1.82) is 0 Å². The molecule has 1 rings (SSSR count). The largest absolute Gasteiger partial charge is 0.389 e. The number of hydrogen-bond donors (Lipinski definition) is 1. The van der Waals surface area contributed by atoms with Crippen molar-refractivity contribution < 1.29 is 14.6 Å². The first-order valence-electron chi connectivity index (χ1n) is 5.13. The molecular weight excluding hydrogens is 180 g/mol. The predicted octanol–water partition coefficient (Wildman–Crippen LogP) is 1.86. The van der Waals surface area contributed by atoms with Gasteiger partial charge in [-0.2, -0.15) is 0 Å². The molecule has 0 amide bonds. The molecule has 0 aliphatic carbocycles. The summed E-state index contributed by atoms with van der Waals surface area (Å²) in [4.78, 5) is 0. The maximum absolute atomic E-state index is 9.55. The van der Waals surface area contributed by atoms with Gasteiger partial charge in [0.2, 0.25) is 0 Å². The Hall–Kier alpha value is -0.380. The minimum Gasteiger partial charge on any atom is -0.389 e. The second-order valence-corrected chi connectivity index (χ2v) is 4.20. The topological polar surface area (TPSA) is 38.7 Å². The van der Waals surface area contributed by atoms with Gasteiger partial charge in [-0.25, -0.2) is 0 Å². The van der Waals surface area contributed by atoms with Crippen molar-refractivity contribution in [3.05, 3.63) is 11.6 Å². The summed E-state index contributed by atoms with van der Waals surface area (Å²) in [6, 6.07) is 0. The van der Waals surface area contributed by atoms with E-state index in [9.17, 15) is 5.11 Å². The first-order chi connectivity index (χ1) is 6.44. The van der Waals surface area contributed by atoms with Gasteiger partial charge in [-0.05, 0) is 32.8 Å². The normalized spacial score (nSPS) is 29.2. The fraction of sp³-hybridized carbons (Fsp3) is 0.818. The van der Waals surface area contributed by atoms with Crippen LogP contribution in [0.15, 0.2) is 11.6 Å². The summed E-state index contributed by atoms with van der Waals surface area (Å²) in [5.41, 5.74) is 0.957. The van der Waals surface area contributed by atoms with E-state index in [2.05, 4.69) is 0 Å². The molecule has 1 N–H and O–H groups in total. The number of aliphatic hydroxyl groups excluding tert-OH is 1. The Balaban J connectivity index is 2.53. The van der Waals surface area contributed by atoms with Crippen LogP contribution in [0.25, 0.3) is 0 Å². The van der Waals surface area contributed by atoms with Gasteiger partial charge in [-0.15, -0.1) is 0 Å². The van der Waals surface area contributed by atoms with E-state index >= 15 is 0 Å². The molecule has 3 nitrogen and oxygen atoms in total. The molecule has 0 bridgehead atoms. The zero-order valence-electron chi connectivity index (χ0n) is 9.41. The van der Waals surface area contributed by atoms with Crippen LogP contribution >= 0.6 is 0 Å². The fourth-order valence-corrected chi connectivity index (χ4v) is 1.52. The molecule has 0 aromatic heterocycles. The van der Waals surface area contributed by atoms with Crippen LogP contribution in [0.4, 0.5) is 0 Å². The van der Waals surface area contributed by atoms with E-state index in [4.69, 9.17) is 9.47 Å². The van der Waals surface area contributed by atoms with Crippen molar-refractivity contribution >= 4 is 0 Å². The molecule has 1 aliphatic heterocycles. The summed E-state index contributed by atoms with van der Waals surface area (Å²) in [5.74, 6) is -0.487. The molecule has 0 spiro atoms. The maximum atomic E-state index is 9.55. The third-order valence-corrected chi connectivity index (χ3v) is 2.39. The van der Waals surface area contributed by atoms with Crippen LogP contribution in [-0.4, -0.2) is 29.7 Å². The van der Waals surface area contributed by atoms with Crippen molar-refractivity contribution in [3.8, 4) is 0 Å². The highest BCUT2D eigenvalue weighted by atomic mass is 16.7. The van der Waals surface area contributed by atoms with Gasteiger partial charge < -0.3 is 14.6 Å². The lowest BCUT2D eigenvalue weighted by atomic mass is 10.1. The molecule has 2 atom stereocenters. The zero-order chi connectivity index (χ0) is 10.8. The lowest BCUT2D eigenvalue weighted by Crippen LogP contribution is -2.21. The Morgan fingerprint density at radius 1 is 1.64 bits per heavy atom. The van der Waals surface area contributed by atoms with Crippen LogP contribution in [-0.2, 0) is 9.47 Å². The van der Waals surface area contributed by atoms with Gasteiger partial charge in [-0.3, -0.25) is 0 Å². The summed E-state index contributed by atoms with van der Waals surface area (Å²) in [5, 5.41) is 9.55. The number of ether oxygens (including phenoxy) is 2. The quantitative estimate of drug-likeness (QED) is 0.707. The maximum Gasteiger partial charge on any atom is 0.163 e. The Morgan fingerprint density at radius 3 is 2.71 bits per heavy atom. The highest BCUT2D eigenvalue weighted by molar-refractivity contribution is 5.08. The highest BCUT2D eigenvalue weighted by Gasteiger charge is 2.31. The van der Waals surface area contributed by atoms with Crippen molar-refractivity contribution in [1.82, 2.24) is 0 Å². The molecule has 0 unspecified atom stereocenters. The van der Waals surface area contributed by atoms with E-state index in [1.54, 1.807) is 0 Å². The molecule has 0 saturated carbocycles. The van der Waals surface area contributed by atoms with Crippen molar-refractivity contribution in [2.45, 2.75) is 52.1 Å². The van der Waals surface area contributed by atoms with E-state index in [1.165, 1.54) is 0 Å². The molecule has 1 aliphatic rings. The van der Waals surface area contributed by atoms with Gasteiger partial charge in [0.1, 0.15) is 6.10 Å². The average Bonchev–Trinajstić information content (AvgIpc) is 2.44. The summed E-state index contributed by atoms with van der Waals surface area (Å²) < 4.78 is 11.0. The van der Waals surface area contributed by atoms with Crippen LogP contribution in [0.3, 0.4) is 0 Å². The van der Waals surface area contributed by atoms with Gasteiger partial charge >= 0.3 is 0 Å². The van der Waals surface area contributed by atoms with E-state index in [0.29, 0.717) is 6.61 Å². The van der Waals surface area contributed by atoms with Crippen molar-refractivity contribution in [3.63, 3.8) is 0 Å². The standard InChI is InChI=1S/C11H20O3/c1-5-10(12)8(2)6-9-7-13-11(3,4)14-9/h6,9-10,12H,5,7H2,1-4H3/b8-6+/t9-,10-/m0/s1. The number of aliphatic hydroxyl groups is 1. The lowest BCUT2D eigenvalue weighted by Gasteiger charge is -2.16. The Kier molecular flexibility index (Phi) is 3.70. The van der Waals surface area contributed by atoms with Crippen molar-refractivity contribution in [2.24, 2.45) is 0 Å². The molecule has 14 heavy (non-hydrogen) atoms. The van der Waals surface area contributed by atoms with Gasteiger partial charge in [0, 0.05) is 0 Å². The highest BCUT2D eigenvalue weighted by Crippen LogP contribution is 2.24. The Morgan fingerprint density at radius 2 is 2.29 bits per heavy atom. The minimum absolute atomic E-state index is 0.0220. The summed E-state index contributed by atoms with van der Waals surface area (Å²) in [7, 11) is 0. The van der Waals surface area contributed by atoms with Crippen molar-refractivity contribution in [2.75, 3.05) is 6.61 Å². The summed E-state index contributed by atoms with van der Waals surface area (Å²) >= 11 is 0. The summed E-state index contributed by atoms with van der Waals surface area (Å²) in [6.45, 7) is 8.24.